The first kappa shape index (κ1) is 28.2. The Balaban J connectivity index is 1.35. The Hall–Kier alpha value is -3.77. The molecule has 0 fully saturated rings. The SMILES string of the molecule is Cc1cc(NS(=O)(=O)c2ccc(NC(=O)CSc3nnc(-c4ccc(C(C)(C)C)cc4)n3C)cc2)nc(C)n1. The third-order valence-electron chi connectivity index (χ3n) is 5.83. The summed E-state index contributed by atoms with van der Waals surface area (Å²) < 4.78 is 29.8. The molecule has 0 radical (unpaired) electrons. The van der Waals surface area contributed by atoms with Gasteiger partial charge >= 0.3 is 0 Å². The summed E-state index contributed by atoms with van der Waals surface area (Å²) in [6.07, 6.45) is 0. The lowest BCUT2D eigenvalue weighted by molar-refractivity contribution is -0.113. The number of thioether (sulfide) groups is 1. The number of nitrogens with zero attached hydrogens (tertiary/aromatic N) is 5. The van der Waals surface area contributed by atoms with Gasteiger partial charge in [0.15, 0.2) is 11.0 Å². The van der Waals surface area contributed by atoms with E-state index < -0.39 is 10.0 Å². The minimum absolute atomic E-state index is 0.0472. The molecule has 2 aromatic heterocycles. The van der Waals surface area contributed by atoms with Crippen molar-refractivity contribution in [1.29, 1.82) is 0 Å². The van der Waals surface area contributed by atoms with Gasteiger partial charge in [0.1, 0.15) is 11.6 Å². The number of sulfonamides is 1. The van der Waals surface area contributed by atoms with E-state index in [2.05, 4.69) is 63.1 Å². The van der Waals surface area contributed by atoms with Gasteiger partial charge < -0.3 is 9.88 Å². The van der Waals surface area contributed by atoms with Crippen LogP contribution in [0, 0.1) is 13.8 Å². The number of carbonyl (C=O) groups is 1. The van der Waals surface area contributed by atoms with Crippen LogP contribution in [0.3, 0.4) is 0 Å². The molecular formula is C27H31N7O3S2. The number of aryl methyl sites for hydroxylation is 2. The zero-order valence-electron chi connectivity index (χ0n) is 22.7. The van der Waals surface area contributed by atoms with Gasteiger partial charge in [0.25, 0.3) is 10.0 Å². The van der Waals surface area contributed by atoms with Crippen molar-refractivity contribution in [2.45, 2.75) is 50.1 Å². The molecular weight excluding hydrogens is 534 g/mol. The van der Waals surface area contributed by atoms with Crippen LogP contribution in [0.15, 0.2) is 64.6 Å². The Morgan fingerprint density at radius 3 is 2.26 bits per heavy atom. The van der Waals surface area contributed by atoms with Gasteiger partial charge in [-0.05, 0) is 49.1 Å². The molecule has 4 aromatic rings. The van der Waals surface area contributed by atoms with Gasteiger partial charge in [0, 0.05) is 30.1 Å². The fourth-order valence-corrected chi connectivity index (χ4v) is 5.52. The Bertz CT molecular complexity index is 1570. The molecule has 0 unspecified atom stereocenters. The molecule has 4 rings (SSSR count). The van der Waals surface area contributed by atoms with Crippen molar-refractivity contribution in [3.63, 3.8) is 0 Å². The van der Waals surface area contributed by atoms with Gasteiger partial charge in [-0.25, -0.2) is 18.4 Å². The second kappa shape index (κ2) is 11.1. The van der Waals surface area contributed by atoms with Gasteiger partial charge in [-0.1, -0.05) is 56.8 Å². The molecule has 10 nitrogen and oxygen atoms in total. The minimum atomic E-state index is -3.85. The molecule has 0 saturated carbocycles. The number of rotatable bonds is 8. The highest BCUT2D eigenvalue weighted by Crippen LogP contribution is 2.27. The van der Waals surface area contributed by atoms with Crippen molar-refractivity contribution in [2.75, 3.05) is 15.8 Å². The highest BCUT2D eigenvalue weighted by molar-refractivity contribution is 7.99. The van der Waals surface area contributed by atoms with Crippen LogP contribution in [0.1, 0.15) is 37.9 Å². The smallest absolute Gasteiger partial charge is 0.263 e. The van der Waals surface area contributed by atoms with Crippen LogP contribution in [0.25, 0.3) is 11.4 Å². The van der Waals surface area contributed by atoms with Gasteiger partial charge in [0.2, 0.25) is 5.91 Å². The van der Waals surface area contributed by atoms with Crippen molar-refractivity contribution < 1.29 is 13.2 Å². The third kappa shape index (κ3) is 7.01. The molecule has 0 spiro atoms. The zero-order chi connectivity index (χ0) is 28.4. The summed E-state index contributed by atoms with van der Waals surface area (Å²) in [4.78, 5) is 20.9. The summed E-state index contributed by atoms with van der Waals surface area (Å²) in [5.74, 6) is 1.25. The first-order valence-electron chi connectivity index (χ1n) is 12.2. The maximum absolute atomic E-state index is 12.7. The van der Waals surface area contributed by atoms with Crippen LogP contribution in [-0.2, 0) is 27.3 Å². The van der Waals surface area contributed by atoms with E-state index in [0.29, 0.717) is 22.4 Å². The van der Waals surface area contributed by atoms with E-state index in [1.165, 1.54) is 41.6 Å². The normalized spacial score (nSPS) is 11.8. The van der Waals surface area contributed by atoms with Gasteiger partial charge in [-0.2, -0.15) is 0 Å². The number of aromatic nitrogens is 5. The first-order valence-corrected chi connectivity index (χ1v) is 14.7. The molecule has 204 valence electrons. The maximum Gasteiger partial charge on any atom is 0.263 e. The van der Waals surface area contributed by atoms with Crippen molar-refractivity contribution in [2.24, 2.45) is 7.05 Å². The van der Waals surface area contributed by atoms with E-state index in [1.54, 1.807) is 19.9 Å². The summed E-state index contributed by atoms with van der Waals surface area (Å²) in [6.45, 7) is 9.95. The van der Waals surface area contributed by atoms with Crippen LogP contribution < -0.4 is 10.0 Å². The highest BCUT2D eigenvalue weighted by Gasteiger charge is 2.18. The number of hydrogen-bond donors (Lipinski definition) is 2. The molecule has 1 amide bonds. The molecule has 2 N–H and O–H groups in total. The second-order valence-electron chi connectivity index (χ2n) is 10.1. The van der Waals surface area contributed by atoms with Gasteiger partial charge in [-0.3, -0.25) is 9.52 Å². The lowest BCUT2D eigenvalue weighted by Crippen LogP contribution is -2.16. The monoisotopic (exact) mass is 565 g/mol. The molecule has 12 heteroatoms. The van der Waals surface area contributed by atoms with Crippen LogP contribution in [0.2, 0.25) is 0 Å². The molecule has 2 heterocycles. The number of hydrogen-bond acceptors (Lipinski definition) is 8. The predicted molar refractivity (Wildman–Crippen MR) is 153 cm³/mol. The largest absolute Gasteiger partial charge is 0.325 e. The number of anilines is 2. The Morgan fingerprint density at radius 2 is 1.64 bits per heavy atom. The van der Waals surface area contributed by atoms with Crippen molar-refractivity contribution in [1.82, 2.24) is 24.7 Å². The number of benzene rings is 2. The molecule has 0 aliphatic carbocycles. The Labute approximate surface area is 232 Å². The number of amides is 1. The average Bonchev–Trinajstić information content (AvgIpc) is 3.22. The van der Waals surface area contributed by atoms with Crippen LogP contribution >= 0.6 is 11.8 Å². The van der Waals surface area contributed by atoms with Crippen molar-refractivity contribution >= 4 is 39.2 Å². The standard InChI is InChI=1S/C27H31N7O3S2/c1-17-15-23(29-18(2)28-17)33-39(36,37)22-13-11-21(12-14-22)30-24(35)16-38-26-32-31-25(34(26)6)19-7-9-20(10-8-19)27(3,4)5/h7-15H,16H2,1-6H3,(H,30,35)(H,28,29,33). The van der Waals surface area contributed by atoms with Crippen LogP contribution in [0.5, 0.6) is 0 Å². The summed E-state index contributed by atoms with van der Waals surface area (Å²) in [5.41, 5.74) is 3.38. The van der Waals surface area contributed by atoms with Crippen molar-refractivity contribution in [3.8, 4) is 11.4 Å². The topological polar surface area (TPSA) is 132 Å². The van der Waals surface area contributed by atoms with E-state index in [0.717, 1.165) is 11.4 Å². The van der Waals surface area contributed by atoms with Gasteiger partial charge in [0.05, 0.1) is 10.6 Å². The molecule has 39 heavy (non-hydrogen) atoms. The molecule has 0 bridgehead atoms. The van der Waals surface area contributed by atoms with Gasteiger partial charge in [-0.15, -0.1) is 10.2 Å². The predicted octanol–water partition coefficient (Wildman–Crippen LogP) is 4.72. The highest BCUT2D eigenvalue weighted by atomic mass is 32.2. The average molecular weight is 566 g/mol. The molecule has 2 aromatic carbocycles. The summed E-state index contributed by atoms with van der Waals surface area (Å²) in [7, 11) is -1.98. The number of nitrogens with one attached hydrogen (secondary N) is 2. The lowest BCUT2D eigenvalue weighted by Gasteiger charge is -2.19. The quantitative estimate of drug-likeness (QED) is 0.294. The second-order valence-corrected chi connectivity index (χ2v) is 12.7. The third-order valence-corrected chi connectivity index (χ3v) is 8.22. The zero-order valence-corrected chi connectivity index (χ0v) is 24.3. The molecule has 0 saturated heterocycles. The van der Waals surface area contributed by atoms with E-state index >= 15 is 0 Å². The maximum atomic E-state index is 12.7. The Morgan fingerprint density at radius 1 is 0.974 bits per heavy atom. The Kier molecular flexibility index (Phi) is 8.07. The fourth-order valence-electron chi connectivity index (χ4n) is 3.82. The van der Waals surface area contributed by atoms with E-state index in [9.17, 15) is 13.2 Å². The van der Waals surface area contributed by atoms with Crippen LogP contribution in [0.4, 0.5) is 11.5 Å². The number of carbonyl (C=O) groups excluding carboxylic acids is 1. The van der Waals surface area contributed by atoms with E-state index in [4.69, 9.17) is 0 Å². The fraction of sp³-hybridized carbons (Fsp3) is 0.296. The van der Waals surface area contributed by atoms with E-state index in [-0.39, 0.29) is 27.8 Å². The summed E-state index contributed by atoms with van der Waals surface area (Å²) in [5, 5.41) is 11.9. The lowest BCUT2D eigenvalue weighted by atomic mass is 9.87. The minimum Gasteiger partial charge on any atom is -0.325 e. The first-order chi connectivity index (χ1) is 18.3. The molecule has 0 aliphatic heterocycles. The molecule has 0 aliphatic rings. The summed E-state index contributed by atoms with van der Waals surface area (Å²) in [6, 6.07) is 15.7. The van der Waals surface area contributed by atoms with Crippen LogP contribution in [-0.4, -0.2) is 44.8 Å². The van der Waals surface area contributed by atoms with Crippen molar-refractivity contribution in [3.05, 3.63) is 71.7 Å². The summed E-state index contributed by atoms with van der Waals surface area (Å²) >= 11 is 1.27. The molecule has 0 atom stereocenters. The van der Waals surface area contributed by atoms with E-state index in [1.807, 2.05) is 23.7 Å².